The second-order valence-corrected chi connectivity index (χ2v) is 9.15. The third kappa shape index (κ3) is 5.66. The summed E-state index contributed by atoms with van der Waals surface area (Å²) in [4.78, 5) is 0.332. The number of hydrogen-bond acceptors (Lipinski definition) is 3. The highest BCUT2D eigenvalue weighted by Gasteiger charge is 2.23. The summed E-state index contributed by atoms with van der Waals surface area (Å²) < 4.78 is 28.0. The number of nitrogens with one attached hydrogen (secondary N) is 2. The predicted molar refractivity (Wildman–Crippen MR) is 103 cm³/mol. The second-order valence-electron chi connectivity index (χ2n) is 7.50. The molecule has 2 N–H and O–H groups in total. The van der Waals surface area contributed by atoms with E-state index < -0.39 is 15.6 Å². The third-order valence-corrected chi connectivity index (χ3v) is 5.69. The van der Waals surface area contributed by atoms with E-state index >= 15 is 0 Å². The summed E-state index contributed by atoms with van der Waals surface area (Å²) in [5.74, 6) is 0. The van der Waals surface area contributed by atoms with Gasteiger partial charge in [-0.15, -0.1) is 0 Å². The van der Waals surface area contributed by atoms with E-state index in [-0.39, 0.29) is 0 Å². The minimum absolute atomic E-state index is 0.332. The Balaban J connectivity index is 2.13. The van der Waals surface area contributed by atoms with Crippen molar-refractivity contribution in [3.05, 3.63) is 64.7 Å². The van der Waals surface area contributed by atoms with E-state index in [2.05, 4.69) is 42.1 Å². The van der Waals surface area contributed by atoms with Gasteiger partial charge in [-0.05, 0) is 57.4 Å². The molecule has 5 heteroatoms. The lowest BCUT2D eigenvalue weighted by Gasteiger charge is -2.21. The molecule has 0 amide bonds. The summed E-state index contributed by atoms with van der Waals surface area (Å²) in [6.07, 6.45) is 0. The van der Waals surface area contributed by atoms with Crippen LogP contribution in [0, 0.1) is 13.8 Å². The van der Waals surface area contributed by atoms with Gasteiger partial charge in [0, 0.05) is 18.6 Å². The molecule has 2 aromatic carbocycles. The van der Waals surface area contributed by atoms with Crippen LogP contribution in [-0.2, 0) is 23.1 Å². The van der Waals surface area contributed by atoms with E-state index in [9.17, 15) is 8.42 Å². The fourth-order valence-corrected chi connectivity index (χ4v) is 4.41. The monoisotopic (exact) mass is 360 g/mol. The second kappa shape index (κ2) is 7.68. The van der Waals surface area contributed by atoms with Crippen molar-refractivity contribution in [2.24, 2.45) is 0 Å². The molecule has 0 bridgehead atoms. The molecule has 0 atom stereocenters. The zero-order valence-corrected chi connectivity index (χ0v) is 16.5. The first-order valence-electron chi connectivity index (χ1n) is 8.47. The van der Waals surface area contributed by atoms with Crippen molar-refractivity contribution in [2.45, 2.75) is 58.1 Å². The largest absolute Gasteiger partial charge is 0.309 e. The highest BCUT2D eigenvalue weighted by Crippen LogP contribution is 2.18. The van der Waals surface area contributed by atoms with Gasteiger partial charge in [0.05, 0.1) is 4.90 Å². The molecular weight excluding hydrogens is 332 g/mol. The lowest BCUT2D eigenvalue weighted by atomic mass is 10.1. The van der Waals surface area contributed by atoms with E-state index in [4.69, 9.17) is 0 Å². The van der Waals surface area contributed by atoms with E-state index in [0.29, 0.717) is 18.0 Å². The maximum absolute atomic E-state index is 12.7. The van der Waals surface area contributed by atoms with E-state index in [1.807, 2.05) is 32.9 Å². The Labute approximate surface area is 151 Å². The van der Waals surface area contributed by atoms with Gasteiger partial charge < -0.3 is 5.32 Å². The molecule has 4 nitrogen and oxygen atoms in total. The van der Waals surface area contributed by atoms with Crippen molar-refractivity contribution in [1.82, 2.24) is 10.0 Å². The summed E-state index contributed by atoms with van der Waals surface area (Å²) in [6, 6.07) is 13.5. The molecule has 0 heterocycles. The normalized spacial score (nSPS) is 12.4. The molecule has 0 aliphatic carbocycles. The van der Waals surface area contributed by atoms with Crippen molar-refractivity contribution in [3.63, 3.8) is 0 Å². The van der Waals surface area contributed by atoms with Gasteiger partial charge in [0.1, 0.15) is 0 Å². The Kier molecular flexibility index (Phi) is 6.03. The van der Waals surface area contributed by atoms with Gasteiger partial charge in [-0.3, -0.25) is 0 Å². The Hall–Kier alpha value is -1.69. The summed E-state index contributed by atoms with van der Waals surface area (Å²) in [6.45, 7) is 10.9. The van der Waals surface area contributed by atoms with Gasteiger partial charge in [0.2, 0.25) is 10.0 Å². The molecule has 2 rings (SSSR count). The minimum atomic E-state index is -3.55. The van der Waals surface area contributed by atoms with Crippen LogP contribution in [0.1, 0.15) is 43.0 Å². The Bertz CT molecular complexity index is 837. The molecule has 0 saturated carbocycles. The number of hydrogen-bond donors (Lipinski definition) is 2. The molecule has 2 aromatic rings. The summed E-state index contributed by atoms with van der Waals surface area (Å²) in [5, 5.41) is 3.36. The molecule has 0 radical (unpaired) electrons. The van der Waals surface area contributed by atoms with Crippen LogP contribution in [0.4, 0.5) is 0 Å². The lowest BCUT2D eigenvalue weighted by molar-refractivity contribution is 0.490. The minimum Gasteiger partial charge on any atom is -0.309 e. The van der Waals surface area contributed by atoms with E-state index in [0.717, 1.165) is 5.56 Å². The Morgan fingerprint density at radius 3 is 2.20 bits per heavy atom. The maximum Gasteiger partial charge on any atom is 0.241 e. The summed E-state index contributed by atoms with van der Waals surface area (Å²) >= 11 is 0. The molecule has 0 unspecified atom stereocenters. The van der Waals surface area contributed by atoms with Gasteiger partial charge in [-0.1, -0.05) is 42.0 Å². The molecule has 0 aliphatic heterocycles. The smallest absolute Gasteiger partial charge is 0.241 e. The summed E-state index contributed by atoms with van der Waals surface area (Å²) in [5.41, 5.74) is 3.95. The van der Waals surface area contributed by atoms with Crippen LogP contribution >= 0.6 is 0 Å². The highest BCUT2D eigenvalue weighted by atomic mass is 32.2. The molecule has 0 aliphatic rings. The first kappa shape index (κ1) is 19.6. The van der Waals surface area contributed by atoms with Crippen molar-refractivity contribution >= 4 is 10.0 Å². The summed E-state index contributed by atoms with van der Waals surface area (Å²) in [7, 11) is -3.55. The van der Waals surface area contributed by atoms with Gasteiger partial charge in [-0.25, -0.2) is 13.1 Å². The Morgan fingerprint density at radius 2 is 1.56 bits per heavy atom. The quantitative estimate of drug-likeness (QED) is 0.826. The topological polar surface area (TPSA) is 58.2 Å². The van der Waals surface area contributed by atoms with Crippen molar-refractivity contribution in [2.75, 3.05) is 0 Å². The lowest BCUT2D eigenvalue weighted by Crippen LogP contribution is -2.40. The van der Waals surface area contributed by atoms with E-state index in [1.54, 1.807) is 12.1 Å². The van der Waals surface area contributed by atoms with Gasteiger partial charge in [-0.2, -0.15) is 0 Å². The molecule has 25 heavy (non-hydrogen) atoms. The van der Waals surface area contributed by atoms with Gasteiger partial charge in [0.15, 0.2) is 0 Å². The van der Waals surface area contributed by atoms with Crippen LogP contribution in [0.3, 0.4) is 0 Å². The molecule has 0 aromatic heterocycles. The number of rotatable bonds is 6. The first-order chi connectivity index (χ1) is 11.6. The zero-order valence-electron chi connectivity index (χ0n) is 15.7. The first-order valence-corrected chi connectivity index (χ1v) is 9.95. The molecule has 0 saturated heterocycles. The molecule has 0 spiro atoms. The zero-order chi connectivity index (χ0) is 18.7. The number of benzene rings is 2. The average Bonchev–Trinajstić information content (AvgIpc) is 2.47. The van der Waals surface area contributed by atoms with Gasteiger partial charge >= 0.3 is 0 Å². The number of sulfonamides is 1. The number of aryl methyl sites for hydroxylation is 2. The van der Waals surface area contributed by atoms with Crippen LogP contribution in [-0.4, -0.2) is 14.0 Å². The van der Waals surface area contributed by atoms with Crippen molar-refractivity contribution in [3.8, 4) is 0 Å². The fraction of sp³-hybridized carbons (Fsp3) is 0.400. The standard InChI is InChI=1S/C20H28N2O2S/c1-15-10-11-17(16(2)12-15)13-21-14-18-8-6-7-9-19(18)25(23,24)22-20(3,4)5/h6-12,21-22H,13-14H2,1-5H3. The van der Waals surface area contributed by atoms with Crippen LogP contribution in [0.15, 0.2) is 47.4 Å². The van der Waals surface area contributed by atoms with Crippen LogP contribution in [0.25, 0.3) is 0 Å². The third-order valence-electron chi connectivity index (χ3n) is 3.83. The van der Waals surface area contributed by atoms with Crippen LogP contribution < -0.4 is 10.0 Å². The van der Waals surface area contributed by atoms with Gasteiger partial charge in [0.25, 0.3) is 0 Å². The fourth-order valence-electron chi connectivity index (χ4n) is 2.75. The maximum atomic E-state index is 12.7. The molecule has 0 fully saturated rings. The van der Waals surface area contributed by atoms with Crippen LogP contribution in [0.2, 0.25) is 0 Å². The SMILES string of the molecule is Cc1ccc(CNCc2ccccc2S(=O)(=O)NC(C)(C)C)c(C)c1. The average molecular weight is 361 g/mol. The van der Waals surface area contributed by atoms with E-state index in [1.165, 1.54) is 16.7 Å². The Morgan fingerprint density at radius 1 is 0.920 bits per heavy atom. The van der Waals surface area contributed by atoms with Crippen molar-refractivity contribution < 1.29 is 8.42 Å². The van der Waals surface area contributed by atoms with Crippen LogP contribution in [0.5, 0.6) is 0 Å². The molecule has 136 valence electrons. The van der Waals surface area contributed by atoms with Crippen molar-refractivity contribution in [1.29, 1.82) is 0 Å². The predicted octanol–water partition coefficient (Wildman–Crippen LogP) is 3.67. The highest BCUT2D eigenvalue weighted by molar-refractivity contribution is 7.89. The molecular formula is C20H28N2O2S.